The van der Waals surface area contributed by atoms with Gasteiger partial charge in [-0.25, -0.2) is 4.90 Å². The number of hydrogen-bond acceptors (Lipinski definition) is 5. The minimum Gasteiger partial charge on any atom is -0.497 e. The van der Waals surface area contributed by atoms with Crippen molar-refractivity contribution in [3.05, 3.63) is 53.6 Å². The van der Waals surface area contributed by atoms with Crippen molar-refractivity contribution >= 4 is 51.7 Å². The van der Waals surface area contributed by atoms with Gasteiger partial charge < -0.3 is 10.1 Å². The summed E-state index contributed by atoms with van der Waals surface area (Å²) < 4.78 is 5.14. The summed E-state index contributed by atoms with van der Waals surface area (Å²) in [5, 5.41) is 3.65. The van der Waals surface area contributed by atoms with Gasteiger partial charge in [0.15, 0.2) is 5.17 Å². The van der Waals surface area contributed by atoms with Gasteiger partial charge in [-0.05, 0) is 42.5 Å². The lowest BCUT2D eigenvalue weighted by atomic mass is 10.3. The second-order valence-corrected chi connectivity index (χ2v) is 7.37. The van der Waals surface area contributed by atoms with E-state index in [0.29, 0.717) is 15.9 Å². The second kappa shape index (κ2) is 8.45. The summed E-state index contributed by atoms with van der Waals surface area (Å²) >= 11 is 7.22. The average molecular weight is 404 g/mol. The molecule has 0 spiro atoms. The highest BCUT2D eigenvalue weighted by Crippen LogP contribution is 2.31. The van der Waals surface area contributed by atoms with E-state index in [9.17, 15) is 9.59 Å². The fraction of sp³-hybridized carbons (Fsp3) is 0.211. The van der Waals surface area contributed by atoms with Crippen molar-refractivity contribution < 1.29 is 14.3 Å². The number of thioether (sulfide) groups is 1. The molecule has 140 valence electrons. The number of nitrogens with one attached hydrogen (secondary N) is 1. The summed E-state index contributed by atoms with van der Waals surface area (Å²) in [5.74, 6) is 0.224. The molecule has 6 nitrogen and oxygen atoms in total. The van der Waals surface area contributed by atoms with Crippen molar-refractivity contribution in [3.8, 4) is 5.75 Å². The zero-order chi connectivity index (χ0) is 19.4. The molecule has 1 saturated heterocycles. The number of rotatable bonds is 4. The van der Waals surface area contributed by atoms with E-state index in [1.807, 2.05) is 24.3 Å². The number of aliphatic imine (C=N–C) groups is 1. The standard InChI is InChI=1S/C19H18ClN3O3S/c1-21-19(22-13-6-8-15(26-2)9-7-13)27-16-11-17(24)23(18(16)25)14-5-3-4-12(20)10-14/h3-10,16H,11H2,1-2H3,(H,21,22)/t16-/m1/s1. The first-order valence-corrected chi connectivity index (χ1v) is 9.44. The van der Waals surface area contributed by atoms with Gasteiger partial charge in [0.25, 0.3) is 0 Å². The van der Waals surface area contributed by atoms with E-state index in [-0.39, 0.29) is 18.2 Å². The molecule has 0 radical (unpaired) electrons. The van der Waals surface area contributed by atoms with Gasteiger partial charge in [-0.2, -0.15) is 0 Å². The SMILES string of the molecule is CN=C(Nc1ccc(OC)cc1)S[C@@H]1CC(=O)N(c2cccc(Cl)c2)C1=O. The predicted octanol–water partition coefficient (Wildman–Crippen LogP) is 3.81. The number of methoxy groups -OCH3 is 1. The molecule has 0 unspecified atom stereocenters. The van der Waals surface area contributed by atoms with Gasteiger partial charge in [0.1, 0.15) is 11.0 Å². The Hall–Kier alpha value is -2.51. The van der Waals surface area contributed by atoms with E-state index in [1.54, 1.807) is 38.4 Å². The Balaban J connectivity index is 1.70. The summed E-state index contributed by atoms with van der Waals surface area (Å²) in [6.45, 7) is 0. The number of amidine groups is 1. The Bertz CT molecular complexity index is 886. The van der Waals surface area contributed by atoms with Gasteiger partial charge in [-0.3, -0.25) is 14.6 Å². The lowest BCUT2D eigenvalue weighted by Gasteiger charge is -2.16. The van der Waals surface area contributed by atoms with Crippen molar-refractivity contribution in [3.63, 3.8) is 0 Å². The molecule has 1 N–H and O–H groups in total. The van der Waals surface area contributed by atoms with Crippen LogP contribution in [0.15, 0.2) is 53.5 Å². The number of hydrogen-bond donors (Lipinski definition) is 1. The third-order valence-corrected chi connectivity index (χ3v) is 5.37. The minimum atomic E-state index is -0.541. The Labute approximate surface area is 166 Å². The maximum absolute atomic E-state index is 12.8. The molecule has 0 aromatic heterocycles. The van der Waals surface area contributed by atoms with Crippen molar-refractivity contribution in [1.29, 1.82) is 0 Å². The first-order chi connectivity index (χ1) is 13.0. The van der Waals surface area contributed by atoms with E-state index in [0.717, 1.165) is 11.4 Å². The lowest BCUT2D eigenvalue weighted by molar-refractivity contribution is -0.121. The number of anilines is 2. The zero-order valence-corrected chi connectivity index (χ0v) is 16.4. The van der Waals surface area contributed by atoms with Gasteiger partial charge in [-0.15, -0.1) is 0 Å². The predicted molar refractivity (Wildman–Crippen MR) is 110 cm³/mol. The number of halogens is 1. The van der Waals surface area contributed by atoms with E-state index in [2.05, 4.69) is 10.3 Å². The lowest BCUT2D eigenvalue weighted by Crippen LogP contribution is -2.31. The normalized spacial score (nSPS) is 17.4. The molecule has 27 heavy (non-hydrogen) atoms. The fourth-order valence-corrected chi connectivity index (χ4v) is 3.82. The van der Waals surface area contributed by atoms with Gasteiger partial charge in [0.2, 0.25) is 11.8 Å². The molecule has 0 saturated carbocycles. The van der Waals surface area contributed by atoms with Gasteiger partial charge in [0.05, 0.1) is 12.8 Å². The molecule has 0 aliphatic carbocycles. The highest BCUT2D eigenvalue weighted by Gasteiger charge is 2.40. The average Bonchev–Trinajstić information content (AvgIpc) is 2.95. The number of ether oxygens (including phenoxy) is 1. The topological polar surface area (TPSA) is 71.0 Å². The third-order valence-electron chi connectivity index (χ3n) is 3.97. The molecule has 2 aromatic rings. The smallest absolute Gasteiger partial charge is 0.247 e. The van der Waals surface area contributed by atoms with Crippen LogP contribution in [0.2, 0.25) is 5.02 Å². The molecule has 1 aliphatic rings. The van der Waals surface area contributed by atoms with Crippen LogP contribution in [0, 0.1) is 0 Å². The summed E-state index contributed by atoms with van der Waals surface area (Å²) in [6.07, 6.45) is 0.110. The Morgan fingerprint density at radius 3 is 2.63 bits per heavy atom. The monoisotopic (exact) mass is 403 g/mol. The van der Waals surface area contributed by atoms with Crippen molar-refractivity contribution in [2.24, 2.45) is 4.99 Å². The number of amides is 2. The van der Waals surface area contributed by atoms with E-state index in [1.165, 1.54) is 16.7 Å². The van der Waals surface area contributed by atoms with Gasteiger partial charge in [0, 0.05) is 24.2 Å². The molecule has 0 bridgehead atoms. The number of carbonyl (C=O) groups is 2. The largest absolute Gasteiger partial charge is 0.497 e. The van der Waals surface area contributed by atoms with Crippen molar-refractivity contribution in [2.45, 2.75) is 11.7 Å². The highest BCUT2D eigenvalue weighted by atomic mass is 35.5. The zero-order valence-electron chi connectivity index (χ0n) is 14.8. The fourth-order valence-electron chi connectivity index (χ4n) is 2.65. The summed E-state index contributed by atoms with van der Waals surface area (Å²) in [6, 6.07) is 14.1. The van der Waals surface area contributed by atoms with Crippen LogP contribution in [-0.2, 0) is 9.59 Å². The summed E-state index contributed by atoms with van der Waals surface area (Å²) in [4.78, 5) is 30.5. The first kappa shape index (κ1) is 19.3. The molecule has 3 rings (SSSR count). The second-order valence-electron chi connectivity index (χ2n) is 5.74. The maximum atomic E-state index is 12.8. The van der Waals surface area contributed by atoms with Crippen LogP contribution in [0.1, 0.15) is 6.42 Å². The Morgan fingerprint density at radius 2 is 2.00 bits per heavy atom. The quantitative estimate of drug-likeness (QED) is 0.477. The number of carbonyl (C=O) groups excluding carboxylic acids is 2. The molecule has 2 amide bonds. The molecule has 1 atom stereocenters. The van der Waals surface area contributed by atoms with Crippen LogP contribution >= 0.6 is 23.4 Å². The van der Waals surface area contributed by atoms with Crippen LogP contribution in [0.4, 0.5) is 11.4 Å². The van der Waals surface area contributed by atoms with Crippen LogP contribution in [0.5, 0.6) is 5.75 Å². The van der Waals surface area contributed by atoms with Crippen LogP contribution < -0.4 is 15.0 Å². The summed E-state index contributed by atoms with van der Waals surface area (Å²) in [5.41, 5.74) is 1.30. The van der Waals surface area contributed by atoms with Gasteiger partial charge in [-0.1, -0.05) is 29.4 Å². The van der Waals surface area contributed by atoms with E-state index < -0.39 is 5.25 Å². The molecular weight excluding hydrogens is 386 g/mol. The Kier molecular flexibility index (Phi) is 6.03. The number of imide groups is 1. The van der Waals surface area contributed by atoms with Crippen LogP contribution in [0.3, 0.4) is 0 Å². The number of benzene rings is 2. The highest BCUT2D eigenvalue weighted by molar-refractivity contribution is 8.15. The molecule has 1 fully saturated rings. The van der Waals surface area contributed by atoms with Gasteiger partial charge >= 0.3 is 0 Å². The molecule has 1 aliphatic heterocycles. The third kappa shape index (κ3) is 4.43. The molecule has 8 heteroatoms. The molecule has 1 heterocycles. The van der Waals surface area contributed by atoms with Crippen molar-refractivity contribution in [2.75, 3.05) is 24.4 Å². The summed E-state index contributed by atoms with van der Waals surface area (Å²) in [7, 11) is 3.24. The van der Waals surface area contributed by atoms with Crippen LogP contribution in [-0.4, -0.2) is 36.4 Å². The van der Waals surface area contributed by atoms with Crippen LogP contribution in [0.25, 0.3) is 0 Å². The first-order valence-electron chi connectivity index (χ1n) is 8.18. The van der Waals surface area contributed by atoms with E-state index >= 15 is 0 Å². The maximum Gasteiger partial charge on any atom is 0.247 e. The molecular formula is C19H18ClN3O3S. The Morgan fingerprint density at radius 1 is 1.26 bits per heavy atom. The van der Waals surface area contributed by atoms with E-state index in [4.69, 9.17) is 16.3 Å². The number of nitrogens with zero attached hydrogens (tertiary/aromatic N) is 2. The minimum absolute atomic E-state index is 0.110. The van der Waals surface area contributed by atoms with Crippen molar-refractivity contribution in [1.82, 2.24) is 0 Å². The molecule has 2 aromatic carbocycles.